The van der Waals surface area contributed by atoms with E-state index in [-0.39, 0.29) is 17.9 Å². The number of hydrogen-bond donors (Lipinski definition) is 1. The zero-order chi connectivity index (χ0) is 16.8. The number of nitrogens with zero attached hydrogens (tertiary/aromatic N) is 2. The van der Waals surface area contributed by atoms with Crippen LogP contribution in [0.25, 0.3) is 5.52 Å². The van der Waals surface area contributed by atoms with Gasteiger partial charge in [-0.05, 0) is 24.1 Å². The lowest BCUT2D eigenvalue weighted by molar-refractivity contribution is 0.0539. The number of aromatic nitrogens is 2. The van der Waals surface area contributed by atoms with Crippen LogP contribution < -0.4 is 0 Å². The smallest absolute Gasteiger partial charge is 0.0690 e. The van der Waals surface area contributed by atoms with Crippen LogP contribution in [0.4, 0.5) is 0 Å². The van der Waals surface area contributed by atoms with E-state index < -0.39 is 0 Å². The fraction of sp³-hybridized carbons (Fsp3) is 0.611. The first kappa shape index (κ1) is 18.7. The molecule has 0 aliphatic rings. The van der Waals surface area contributed by atoms with Crippen molar-refractivity contribution in [3.63, 3.8) is 0 Å². The molecule has 0 spiro atoms. The van der Waals surface area contributed by atoms with Crippen LogP contribution in [-0.2, 0) is 10.2 Å². The molecule has 0 bridgehead atoms. The molecule has 124 valence electrons. The first-order valence-electron chi connectivity index (χ1n) is 8.07. The van der Waals surface area contributed by atoms with Crippen LogP contribution in [-0.4, -0.2) is 34.5 Å². The molecule has 22 heavy (non-hydrogen) atoms. The van der Waals surface area contributed by atoms with E-state index in [2.05, 4.69) is 44.2 Å². The Morgan fingerprint density at radius 1 is 1.32 bits per heavy atom. The Bertz CT molecular complexity index is 575. The molecule has 0 aliphatic heterocycles. The van der Waals surface area contributed by atoms with E-state index in [4.69, 9.17) is 9.84 Å². The van der Waals surface area contributed by atoms with E-state index >= 15 is 0 Å². The van der Waals surface area contributed by atoms with Crippen molar-refractivity contribution in [3.8, 4) is 0 Å². The number of aliphatic hydroxyl groups excluding tert-OH is 1. The first-order valence-corrected chi connectivity index (χ1v) is 8.07. The summed E-state index contributed by atoms with van der Waals surface area (Å²) in [4.78, 5) is 0. The lowest BCUT2D eigenvalue weighted by atomic mass is 9.86. The van der Waals surface area contributed by atoms with Gasteiger partial charge >= 0.3 is 0 Å². The molecular weight excluding hydrogens is 276 g/mol. The summed E-state index contributed by atoms with van der Waals surface area (Å²) in [5.41, 5.74) is 3.44. The number of rotatable bonds is 6. The van der Waals surface area contributed by atoms with E-state index in [0.29, 0.717) is 13.2 Å². The molecule has 2 aromatic heterocycles. The third-order valence-corrected chi connectivity index (χ3v) is 3.67. The monoisotopic (exact) mass is 306 g/mol. The van der Waals surface area contributed by atoms with Crippen molar-refractivity contribution in [1.29, 1.82) is 0 Å². The third kappa shape index (κ3) is 4.55. The van der Waals surface area contributed by atoms with E-state index in [1.54, 1.807) is 0 Å². The number of pyridine rings is 1. The maximum absolute atomic E-state index is 9.01. The van der Waals surface area contributed by atoms with Gasteiger partial charge in [-0.25, -0.2) is 4.52 Å². The van der Waals surface area contributed by atoms with Crippen molar-refractivity contribution in [1.82, 2.24) is 9.61 Å². The average molecular weight is 306 g/mol. The van der Waals surface area contributed by atoms with Gasteiger partial charge in [0.05, 0.1) is 24.9 Å². The van der Waals surface area contributed by atoms with E-state index in [0.717, 1.165) is 5.52 Å². The van der Waals surface area contributed by atoms with E-state index in [9.17, 15) is 0 Å². The number of aliphatic hydroxyl groups is 1. The number of ether oxygens (including phenoxy) is 1. The normalized spacial score (nSPS) is 12.9. The number of hydrogen-bond acceptors (Lipinski definition) is 3. The van der Waals surface area contributed by atoms with Gasteiger partial charge in [-0.1, -0.05) is 40.7 Å². The highest BCUT2D eigenvalue weighted by Gasteiger charge is 2.22. The van der Waals surface area contributed by atoms with Crippen LogP contribution in [0.2, 0.25) is 0 Å². The van der Waals surface area contributed by atoms with Crippen molar-refractivity contribution in [2.75, 3.05) is 19.8 Å². The molecule has 2 rings (SSSR count). The van der Waals surface area contributed by atoms with Gasteiger partial charge in [-0.15, -0.1) is 0 Å². The molecule has 1 atom stereocenters. The van der Waals surface area contributed by atoms with Crippen molar-refractivity contribution < 1.29 is 9.84 Å². The molecule has 0 fully saturated rings. The van der Waals surface area contributed by atoms with Crippen LogP contribution in [0.15, 0.2) is 24.5 Å². The lowest BCUT2D eigenvalue weighted by Gasteiger charge is -2.25. The number of aryl methyl sites for hydroxylation is 1. The van der Waals surface area contributed by atoms with Crippen molar-refractivity contribution in [3.05, 3.63) is 35.7 Å². The van der Waals surface area contributed by atoms with Crippen molar-refractivity contribution in [2.45, 2.75) is 47.0 Å². The summed E-state index contributed by atoms with van der Waals surface area (Å²) in [6.45, 7) is 13.7. The number of fused-ring (bicyclic) bond motifs is 1. The summed E-state index contributed by atoms with van der Waals surface area (Å²) in [5, 5.41) is 13.4. The zero-order valence-electron chi connectivity index (χ0n) is 14.8. The minimum atomic E-state index is -0.0801. The molecule has 0 radical (unpaired) electrons. The quantitative estimate of drug-likeness (QED) is 0.887. The highest BCUT2D eigenvalue weighted by molar-refractivity contribution is 5.53. The Kier molecular flexibility index (Phi) is 7.04. The topological polar surface area (TPSA) is 46.8 Å². The second-order valence-corrected chi connectivity index (χ2v) is 6.26. The molecule has 1 N–H and O–H groups in total. The lowest BCUT2D eigenvalue weighted by Crippen LogP contribution is -2.26. The van der Waals surface area contributed by atoms with E-state index in [1.165, 1.54) is 11.1 Å². The van der Waals surface area contributed by atoms with Gasteiger partial charge in [0, 0.05) is 24.1 Å². The second kappa shape index (κ2) is 8.30. The van der Waals surface area contributed by atoms with Crippen LogP contribution in [0, 0.1) is 12.8 Å². The molecule has 0 aliphatic carbocycles. The summed E-state index contributed by atoms with van der Waals surface area (Å²) in [7, 11) is 0. The maximum atomic E-state index is 9.01. The molecule has 0 aromatic carbocycles. The fourth-order valence-corrected chi connectivity index (χ4v) is 2.16. The van der Waals surface area contributed by atoms with Crippen molar-refractivity contribution in [2.24, 2.45) is 5.92 Å². The van der Waals surface area contributed by atoms with Crippen LogP contribution in [0.3, 0.4) is 0 Å². The minimum absolute atomic E-state index is 0.0801. The molecule has 2 heterocycles. The molecule has 0 saturated carbocycles. The molecular formula is C18H30N2O2. The van der Waals surface area contributed by atoms with Crippen LogP contribution >= 0.6 is 0 Å². The maximum Gasteiger partial charge on any atom is 0.0690 e. The Balaban J connectivity index is 0.00000116. The van der Waals surface area contributed by atoms with Gasteiger partial charge in [0.1, 0.15) is 0 Å². The molecule has 1 unspecified atom stereocenters. The highest BCUT2D eigenvalue weighted by Crippen LogP contribution is 2.24. The van der Waals surface area contributed by atoms with E-state index in [1.807, 2.05) is 31.5 Å². The van der Waals surface area contributed by atoms with Crippen molar-refractivity contribution >= 4 is 5.52 Å². The molecule has 2 aromatic rings. The molecule has 0 saturated heterocycles. The van der Waals surface area contributed by atoms with Gasteiger partial charge in [-0.3, -0.25) is 0 Å². The molecule has 4 nitrogen and oxygen atoms in total. The minimum Gasteiger partial charge on any atom is -0.396 e. The second-order valence-electron chi connectivity index (χ2n) is 6.26. The van der Waals surface area contributed by atoms with Gasteiger partial charge in [0.25, 0.3) is 0 Å². The van der Waals surface area contributed by atoms with Gasteiger partial charge in [-0.2, -0.15) is 5.10 Å². The summed E-state index contributed by atoms with van der Waals surface area (Å²) in [5.74, 6) is 0.182. The van der Waals surface area contributed by atoms with Crippen LogP contribution in [0.1, 0.15) is 45.7 Å². The predicted octanol–water partition coefficient (Wildman–Crippen LogP) is 3.59. The Morgan fingerprint density at radius 3 is 2.64 bits per heavy atom. The summed E-state index contributed by atoms with van der Waals surface area (Å²) in [6, 6.07) is 4.25. The van der Waals surface area contributed by atoms with Crippen LogP contribution in [0.5, 0.6) is 0 Å². The largest absolute Gasteiger partial charge is 0.396 e. The summed E-state index contributed by atoms with van der Waals surface area (Å²) >= 11 is 0. The Morgan fingerprint density at radius 2 is 2.00 bits per heavy atom. The van der Waals surface area contributed by atoms with Gasteiger partial charge < -0.3 is 9.84 Å². The summed E-state index contributed by atoms with van der Waals surface area (Å²) in [6.07, 6.45) is 3.95. The zero-order valence-corrected chi connectivity index (χ0v) is 14.8. The average Bonchev–Trinajstić information content (AvgIpc) is 2.90. The van der Waals surface area contributed by atoms with Gasteiger partial charge in [0.2, 0.25) is 0 Å². The highest BCUT2D eigenvalue weighted by atomic mass is 16.5. The SMILES string of the molecule is CC.Cc1cnn2cc(C(C)(C)COCC(C)CO)ccc12. The molecule has 0 amide bonds. The Labute approximate surface area is 134 Å². The Hall–Kier alpha value is -1.39. The predicted molar refractivity (Wildman–Crippen MR) is 91.4 cm³/mol. The molecule has 4 heteroatoms. The first-order chi connectivity index (χ1) is 10.4. The standard InChI is InChI=1S/C16H24N2O2.C2H6/c1-12(9-19)10-20-11-16(3,4)14-5-6-15-13(2)7-17-18(15)8-14;1-2/h5-8,12,19H,9-11H2,1-4H3;1-2H3. The summed E-state index contributed by atoms with van der Waals surface area (Å²) < 4.78 is 7.65. The fourth-order valence-electron chi connectivity index (χ4n) is 2.16. The third-order valence-electron chi connectivity index (χ3n) is 3.67. The van der Waals surface area contributed by atoms with Gasteiger partial charge in [0.15, 0.2) is 0 Å².